The third kappa shape index (κ3) is 6.71. The first-order valence-electron chi connectivity index (χ1n) is 7.30. The SMILES string of the molecule is CC(C)(C)OC(=O)C(O)C(=O)C[C@H](O)CC(=O)c1ccccc1. The van der Waals surface area contributed by atoms with Crippen LogP contribution in [0.15, 0.2) is 30.3 Å². The molecule has 2 atom stereocenters. The van der Waals surface area contributed by atoms with E-state index in [1.807, 2.05) is 0 Å². The van der Waals surface area contributed by atoms with E-state index in [-0.39, 0.29) is 12.2 Å². The molecule has 6 nitrogen and oxygen atoms in total. The molecule has 0 saturated carbocycles. The van der Waals surface area contributed by atoms with Crippen LogP contribution in [0.3, 0.4) is 0 Å². The third-order valence-electron chi connectivity index (χ3n) is 2.89. The van der Waals surface area contributed by atoms with Gasteiger partial charge in [-0.3, -0.25) is 9.59 Å². The Bertz CT molecular complexity index is 558. The number of aliphatic hydroxyl groups excluding tert-OH is 2. The molecule has 2 N–H and O–H groups in total. The fourth-order valence-corrected chi connectivity index (χ4v) is 1.86. The molecule has 0 aliphatic rings. The number of Topliss-reactive ketones (excluding diaryl/α,β-unsaturated/α-hetero) is 2. The standard InChI is InChI=1S/C17H22O6/c1-17(2,3)23-16(22)15(21)14(20)10-12(18)9-13(19)11-7-5-4-6-8-11/h4-8,12,15,18,21H,9-10H2,1-3H3/t12-,15?/m1/s1. The van der Waals surface area contributed by atoms with Gasteiger partial charge < -0.3 is 14.9 Å². The van der Waals surface area contributed by atoms with Crippen molar-refractivity contribution in [3.05, 3.63) is 35.9 Å². The molecule has 1 aromatic rings. The maximum Gasteiger partial charge on any atom is 0.343 e. The zero-order valence-electron chi connectivity index (χ0n) is 13.5. The van der Waals surface area contributed by atoms with E-state index < -0.39 is 36.0 Å². The second kappa shape index (κ2) is 7.99. The van der Waals surface area contributed by atoms with E-state index in [2.05, 4.69) is 0 Å². The Kier molecular flexibility index (Phi) is 6.60. The van der Waals surface area contributed by atoms with Gasteiger partial charge in [0.2, 0.25) is 6.10 Å². The second-order valence-electron chi connectivity index (χ2n) is 6.25. The molecule has 0 heterocycles. The Hall–Kier alpha value is -2.05. The molecule has 0 aliphatic carbocycles. The summed E-state index contributed by atoms with van der Waals surface area (Å²) in [5.41, 5.74) is -0.410. The third-order valence-corrected chi connectivity index (χ3v) is 2.89. The fraction of sp³-hybridized carbons (Fsp3) is 0.471. The Balaban J connectivity index is 2.53. The van der Waals surface area contributed by atoms with Gasteiger partial charge in [-0.25, -0.2) is 4.79 Å². The number of hydrogen-bond acceptors (Lipinski definition) is 6. The summed E-state index contributed by atoms with van der Waals surface area (Å²) in [5, 5.41) is 19.4. The highest BCUT2D eigenvalue weighted by molar-refractivity contribution is 6.02. The minimum absolute atomic E-state index is 0.267. The van der Waals surface area contributed by atoms with Crippen LogP contribution in [0.1, 0.15) is 44.0 Å². The van der Waals surface area contributed by atoms with E-state index in [0.29, 0.717) is 5.56 Å². The first kappa shape index (κ1) is 19.0. The summed E-state index contributed by atoms with van der Waals surface area (Å²) in [4.78, 5) is 35.3. The number of esters is 1. The minimum atomic E-state index is -1.96. The van der Waals surface area contributed by atoms with E-state index >= 15 is 0 Å². The molecular formula is C17H22O6. The van der Waals surface area contributed by atoms with Crippen LogP contribution in [0, 0.1) is 0 Å². The molecule has 1 rings (SSSR count). The highest BCUT2D eigenvalue weighted by Gasteiger charge is 2.30. The molecule has 1 unspecified atom stereocenters. The summed E-state index contributed by atoms with van der Waals surface area (Å²) in [6.07, 6.45) is -4.00. The zero-order valence-corrected chi connectivity index (χ0v) is 13.5. The smallest absolute Gasteiger partial charge is 0.343 e. The van der Waals surface area contributed by atoms with Crippen LogP contribution in [0.5, 0.6) is 0 Å². The van der Waals surface area contributed by atoms with Gasteiger partial charge in [0.15, 0.2) is 11.6 Å². The van der Waals surface area contributed by atoms with E-state index in [0.717, 1.165) is 0 Å². The van der Waals surface area contributed by atoms with Crippen LogP contribution < -0.4 is 0 Å². The number of carbonyl (C=O) groups excluding carboxylic acids is 3. The van der Waals surface area contributed by atoms with Crippen molar-refractivity contribution in [2.24, 2.45) is 0 Å². The lowest BCUT2D eigenvalue weighted by Crippen LogP contribution is -2.38. The largest absolute Gasteiger partial charge is 0.458 e. The van der Waals surface area contributed by atoms with E-state index in [9.17, 15) is 24.6 Å². The highest BCUT2D eigenvalue weighted by Crippen LogP contribution is 2.12. The summed E-state index contributed by atoms with van der Waals surface area (Å²) in [5.74, 6) is -2.27. The molecule has 126 valence electrons. The van der Waals surface area contributed by atoms with Crippen LogP contribution in [-0.2, 0) is 14.3 Å². The van der Waals surface area contributed by atoms with Gasteiger partial charge in [-0.05, 0) is 20.8 Å². The average molecular weight is 322 g/mol. The van der Waals surface area contributed by atoms with Crippen molar-refractivity contribution in [3.63, 3.8) is 0 Å². The lowest BCUT2D eigenvalue weighted by atomic mass is 10.0. The zero-order chi connectivity index (χ0) is 17.6. The van der Waals surface area contributed by atoms with E-state index in [1.165, 1.54) is 0 Å². The van der Waals surface area contributed by atoms with Crippen molar-refractivity contribution in [1.82, 2.24) is 0 Å². The second-order valence-corrected chi connectivity index (χ2v) is 6.25. The molecule has 0 amide bonds. The Morgan fingerprint density at radius 1 is 1.04 bits per heavy atom. The normalized spacial score (nSPS) is 14.0. The number of hydrogen-bond donors (Lipinski definition) is 2. The van der Waals surface area contributed by atoms with Crippen LogP contribution in [0.25, 0.3) is 0 Å². The van der Waals surface area contributed by atoms with E-state index in [4.69, 9.17) is 4.74 Å². The van der Waals surface area contributed by atoms with Gasteiger partial charge in [0.25, 0.3) is 0 Å². The van der Waals surface area contributed by atoms with Crippen LogP contribution in [0.4, 0.5) is 0 Å². The van der Waals surface area contributed by atoms with Crippen molar-refractivity contribution in [2.45, 2.75) is 51.4 Å². The summed E-state index contributed by atoms with van der Waals surface area (Å²) in [6, 6.07) is 8.35. The van der Waals surface area contributed by atoms with Gasteiger partial charge >= 0.3 is 5.97 Å². The summed E-state index contributed by atoms with van der Waals surface area (Å²) in [7, 11) is 0. The molecule has 0 saturated heterocycles. The number of aliphatic hydroxyl groups is 2. The molecule has 0 fully saturated rings. The molecule has 0 spiro atoms. The quantitative estimate of drug-likeness (QED) is 0.445. The maximum absolute atomic E-state index is 11.9. The van der Waals surface area contributed by atoms with Crippen LogP contribution in [-0.4, -0.2) is 45.6 Å². The number of benzene rings is 1. The highest BCUT2D eigenvalue weighted by atomic mass is 16.6. The van der Waals surface area contributed by atoms with Gasteiger partial charge in [0.05, 0.1) is 6.10 Å². The maximum atomic E-state index is 11.9. The molecule has 23 heavy (non-hydrogen) atoms. The molecule has 0 aliphatic heterocycles. The van der Waals surface area contributed by atoms with Crippen molar-refractivity contribution < 1.29 is 29.3 Å². The minimum Gasteiger partial charge on any atom is -0.458 e. The lowest BCUT2D eigenvalue weighted by molar-refractivity contribution is -0.167. The first-order chi connectivity index (χ1) is 10.6. The number of ketones is 2. The monoisotopic (exact) mass is 322 g/mol. The first-order valence-corrected chi connectivity index (χ1v) is 7.30. The van der Waals surface area contributed by atoms with Crippen LogP contribution >= 0.6 is 0 Å². The molecule has 0 aromatic heterocycles. The number of carbonyl (C=O) groups is 3. The number of rotatable bonds is 7. The van der Waals surface area contributed by atoms with Crippen molar-refractivity contribution in [1.29, 1.82) is 0 Å². The molecule has 1 aromatic carbocycles. The lowest BCUT2D eigenvalue weighted by Gasteiger charge is -2.21. The summed E-state index contributed by atoms with van der Waals surface area (Å²) >= 11 is 0. The van der Waals surface area contributed by atoms with Gasteiger partial charge in [0, 0.05) is 18.4 Å². The van der Waals surface area contributed by atoms with Crippen molar-refractivity contribution >= 4 is 17.5 Å². The van der Waals surface area contributed by atoms with Gasteiger partial charge in [-0.1, -0.05) is 30.3 Å². The van der Waals surface area contributed by atoms with Gasteiger partial charge in [-0.15, -0.1) is 0 Å². The topological polar surface area (TPSA) is 101 Å². The van der Waals surface area contributed by atoms with Gasteiger partial charge in [-0.2, -0.15) is 0 Å². The predicted molar refractivity (Wildman–Crippen MR) is 82.9 cm³/mol. The van der Waals surface area contributed by atoms with Crippen LogP contribution in [0.2, 0.25) is 0 Å². The fourth-order valence-electron chi connectivity index (χ4n) is 1.86. The van der Waals surface area contributed by atoms with Gasteiger partial charge in [0.1, 0.15) is 5.60 Å². The Morgan fingerprint density at radius 2 is 1.61 bits per heavy atom. The number of ether oxygens (including phenoxy) is 1. The molecule has 0 bridgehead atoms. The molecular weight excluding hydrogens is 300 g/mol. The molecule has 6 heteroatoms. The predicted octanol–water partition coefficient (Wildman–Crippen LogP) is 1.28. The Morgan fingerprint density at radius 3 is 2.13 bits per heavy atom. The summed E-state index contributed by atoms with van der Waals surface area (Å²) < 4.78 is 4.89. The molecule has 0 radical (unpaired) electrons. The average Bonchev–Trinajstić information content (AvgIpc) is 2.45. The Labute approximate surface area is 135 Å². The van der Waals surface area contributed by atoms with E-state index in [1.54, 1.807) is 51.1 Å². The summed E-state index contributed by atoms with van der Waals surface area (Å²) in [6.45, 7) is 4.82. The van der Waals surface area contributed by atoms with Crippen molar-refractivity contribution in [3.8, 4) is 0 Å². The van der Waals surface area contributed by atoms with Crippen molar-refractivity contribution in [2.75, 3.05) is 0 Å².